The van der Waals surface area contributed by atoms with E-state index in [4.69, 9.17) is 0 Å². The third-order valence-electron chi connectivity index (χ3n) is 2.82. The van der Waals surface area contributed by atoms with E-state index in [9.17, 15) is 19.3 Å². The standard InChI is InChI=1S/C14H10BrFN2O3/c15-10-5-3-6-11(16)13(10)14(19)17-8-9-4-1-2-7-12(9)18(20)21/h1-7H,8H2,(H,17,19). The summed E-state index contributed by atoms with van der Waals surface area (Å²) < 4.78 is 14.0. The highest BCUT2D eigenvalue weighted by molar-refractivity contribution is 9.10. The first-order chi connectivity index (χ1) is 10.0. The molecule has 0 spiro atoms. The second kappa shape index (κ2) is 6.45. The van der Waals surface area contributed by atoms with Crippen molar-refractivity contribution in [2.45, 2.75) is 6.54 Å². The SMILES string of the molecule is O=C(NCc1ccccc1[N+](=O)[O-])c1c(F)cccc1Br. The third kappa shape index (κ3) is 3.43. The Labute approximate surface area is 128 Å². The Morgan fingerprint density at radius 2 is 1.95 bits per heavy atom. The van der Waals surface area contributed by atoms with Gasteiger partial charge >= 0.3 is 0 Å². The molecule has 0 aromatic heterocycles. The van der Waals surface area contributed by atoms with Crippen molar-refractivity contribution in [1.29, 1.82) is 0 Å². The fourth-order valence-electron chi connectivity index (χ4n) is 1.82. The maximum atomic E-state index is 13.6. The van der Waals surface area contributed by atoms with Crippen LogP contribution in [-0.4, -0.2) is 10.8 Å². The summed E-state index contributed by atoms with van der Waals surface area (Å²) in [7, 11) is 0. The monoisotopic (exact) mass is 352 g/mol. The van der Waals surface area contributed by atoms with Crippen LogP contribution in [-0.2, 0) is 6.54 Å². The predicted octanol–water partition coefficient (Wildman–Crippen LogP) is 3.43. The molecule has 7 heteroatoms. The molecule has 0 heterocycles. The van der Waals surface area contributed by atoms with E-state index in [0.29, 0.717) is 10.0 Å². The van der Waals surface area contributed by atoms with Crippen molar-refractivity contribution in [3.05, 3.63) is 74.0 Å². The maximum Gasteiger partial charge on any atom is 0.274 e. The van der Waals surface area contributed by atoms with Crippen molar-refractivity contribution in [3.63, 3.8) is 0 Å². The normalized spacial score (nSPS) is 10.2. The van der Waals surface area contributed by atoms with Crippen LogP contribution >= 0.6 is 15.9 Å². The second-order valence-corrected chi connectivity index (χ2v) is 5.02. The quantitative estimate of drug-likeness (QED) is 0.676. The smallest absolute Gasteiger partial charge is 0.274 e. The first-order valence-corrected chi connectivity index (χ1v) is 6.74. The molecule has 0 fully saturated rings. The number of hydrogen-bond acceptors (Lipinski definition) is 3. The molecule has 0 aliphatic rings. The van der Waals surface area contributed by atoms with Gasteiger partial charge in [0.05, 0.1) is 10.5 Å². The van der Waals surface area contributed by atoms with Crippen LogP contribution in [0.15, 0.2) is 46.9 Å². The van der Waals surface area contributed by atoms with Crippen molar-refractivity contribution >= 4 is 27.5 Å². The number of nitrogens with zero attached hydrogens (tertiary/aromatic N) is 1. The van der Waals surface area contributed by atoms with Gasteiger partial charge in [-0.2, -0.15) is 0 Å². The van der Waals surface area contributed by atoms with Gasteiger partial charge in [0.1, 0.15) is 5.82 Å². The van der Waals surface area contributed by atoms with Crippen LogP contribution in [0.2, 0.25) is 0 Å². The van der Waals surface area contributed by atoms with Crippen molar-refractivity contribution < 1.29 is 14.1 Å². The van der Waals surface area contributed by atoms with Gasteiger partial charge in [0.25, 0.3) is 11.6 Å². The van der Waals surface area contributed by atoms with Crippen LogP contribution in [0.25, 0.3) is 0 Å². The van der Waals surface area contributed by atoms with Crippen LogP contribution in [0.1, 0.15) is 15.9 Å². The van der Waals surface area contributed by atoms with E-state index in [1.807, 2.05) is 0 Å². The van der Waals surface area contributed by atoms with Crippen LogP contribution in [0, 0.1) is 15.9 Å². The summed E-state index contributed by atoms with van der Waals surface area (Å²) in [6.45, 7) is -0.0588. The summed E-state index contributed by atoms with van der Waals surface area (Å²) in [6, 6.07) is 10.2. The molecule has 0 aliphatic carbocycles. The van der Waals surface area contributed by atoms with Crippen molar-refractivity contribution in [2.75, 3.05) is 0 Å². The van der Waals surface area contributed by atoms with Crippen molar-refractivity contribution in [2.24, 2.45) is 0 Å². The highest BCUT2D eigenvalue weighted by Crippen LogP contribution is 2.21. The number of benzene rings is 2. The Kier molecular flexibility index (Phi) is 4.64. The van der Waals surface area contributed by atoms with Crippen LogP contribution < -0.4 is 5.32 Å². The minimum Gasteiger partial charge on any atom is -0.348 e. The molecule has 5 nitrogen and oxygen atoms in total. The van der Waals surface area contributed by atoms with Crippen LogP contribution in [0.5, 0.6) is 0 Å². The molecule has 0 bridgehead atoms. The number of nitro groups is 1. The second-order valence-electron chi connectivity index (χ2n) is 4.17. The van der Waals surface area contributed by atoms with E-state index in [-0.39, 0.29) is 17.8 Å². The summed E-state index contributed by atoms with van der Waals surface area (Å²) in [5.74, 6) is -1.30. The zero-order valence-electron chi connectivity index (χ0n) is 10.7. The van der Waals surface area contributed by atoms with E-state index in [2.05, 4.69) is 21.2 Å². The lowest BCUT2D eigenvalue weighted by atomic mass is 10.1. The summed E-state index contributed by atoms with van der Waals surface area (Å²) in [5, 5.41) is 13.3. The van der Waals surface area contributed by atoms with E-state index < -0.39 is 16.6 Å². The molecule has 0 saturated heterocycles. The minimum absolute atomic E-state index is 0.0588. The summed E-state index contributed by atoms with van der Waals surface area (Å²) >= 11 is 3.10. The molecule has 0 saturated carbocycles. The van der Waals surface area contributed by atoms with E-state index in [0.717, 1.165) is 0 Å². The van der Waals surface area contributed by atoms with E-state index in [1.165, 1.54) is 30.3 Å². The molecule has 0 atom stereocenters. The highest BCUT2D eigenvalue weighted by atomic mass is 79.9. The molecule has 21 heavy (non-hydrogen) atoms. The Morgan fingerprint density at radius 3 is 2.62 bits per heavy atom. The minimum atomic E-state index is -0.663. The maximum absolute atomic E-state index is 13.6. The number of nitro benzene ring substituents is 1. The van der Waals surface area contributed by atoms with Gasteiger partial charge < -0.3 is 5.32 Å². The zero-order chi connectivity index (χ0) is 15.4. The number of rotatable bonds is 4. The molecule has 2 rings (SSSR count). The van der Waals surface area contributed by atoms with Gasteiger partial charge in [-0.3, -0.25) is 14.9 Å². The number of halogens is 2. The number of nitrogens with one attached hydrogen (secondary N) is 1. The lowest BCUT2D eigenvalue weighted by Crippen LogP contribution is -2.24. The van der Waals surface area contributed by atoms with Gasteiger partial charge in [0, 0.05) is 22.6 Å². The average molecular weight is 353 g/mol. The lowest BCUT2D eigenvalue weighted by Gasteiger charge is -2.08. The molecule has 1 amide bonds. The zero-order valence-corrected chi connectivity index (χ0v) is 12.3. The Morgan fingerprint density at radius 1 is 1.24 bits per heavy atom. The summed E-state index contributed by atoms with van der Waals surface area (Å²) in [4.78, 5) is 22.3. The fourth-order valence-corrected chi connectivity index (χ4v) is 2.34. The molecule has 108 valence electrons. The number of para-hydroxylation sites is 1. The highest BCUT2D eigenvalue weighted by Gasteiger charge is 2.17. The van der Waals surface area contributed by atoms with Gasteiger partial charge in [-0.25, -0.2) is 4.39 Å². The Hall–Kier alpha value is -2.28. The molecule has 0 radical (unpaired) electrons. The van der Waals surface area contributed by atoms with Gasteiger partial charge in [0.15, 0.2) is 0 Å². The number of carbonyl (C=O) groups is 1. The topological polar surface area (TPSA) is 72.2 Å². The first-order valence-electron chi connectivity index (χ1n) is 5.95. The average Bonchev–Trinajstić information content (AvgIpc) is 2.45. The van der Waals surface area contributed by atoms with Crippen molar-refractivity contribution in [3.8, 4) is 0 Å². The molecule has 0 aliphatic heterocycles. The molecule has 2 aromatic carbocycles. The number of hydrogen-bond donors (Lipinski definition) is 1. The Balaban J connectivity index is 2.17. The molecule has 0 unspecified atom stereocenters. The molecular weight excluding hydrogens is 343 g/mol. The van der Waals surface area contributed by atoms with Gasteiger partial charge in [-0.15, -0.1) is 0 Å². The largest absolute Gasteiger partial charge is 0.348 e. The van der Waals surface area contributed by atoms with Crippen LogP contribution in [0.3, 0.4) is 0 Å². The summed E-state index contributed by atoms with van der Waals surface area (Å²) in [6.07, 6.45) is 0. The third-order valence-corrected chi connectivity index (χ3v) is 3.48. The molecule has 1 N–H and O–H groups in total. The molecule has 2 aromatic rings. The first kappa shape index (κ1) is 15.1. The number of amides is 1. The van der Waals surface area contributed by atoms with Gasteiger partial charge in [0.2, 0.25) is 0 Å². The molecular formula is C14H10BrFN2O3. The van der Waals surface area contributed by atoms with Crippen LogP contribution in [0.4, 0.5) is 10.1 Å². The Bertz CT molecular complexity index is 686. The van der Waals surface area contributed by atoms with E-state index >= 15 is 0 Å². The van der Waals surface area contributed by atoms with Gasteiger partial charge in [-0.05, 0) is 28.1 Å². The fraction of sp³-hybridized carbons (Fsp3) is 0.0714. The van der Waals surface area contributed by atoms with Crippen molar-refractivity contribution in [1.82, 2.24) is 5.32 Å². The summed E-state index contributed by atoms with van der Waals surface area (Å²) in [5.41, 5.74) is 0.129. The van der Waals surface area contributed by atoms with Gasteiger partial charge in [-0.1, -0.05) is 24.3 Å². The lowest BCUT2D eigenvalue weighted by molar-refractivity contribution is -0.385. The van der Waals surface area contributed by atoms with E-state index in [1.54, 1.807) is 12.1 Å². The predicted molar refractivity (Wildman–Crippen MR) is 78.4 cm³/mol. The number of carbonyl (C=O) groups excluding carboxylic acids is 1.